The lowest BCUT2D eigenvalue weighted by Crippen LogP contribution is -2.30. The number of amides is 1. The van der Waals surface area contributed by atoms with Crippen LogP contribution in [0.3, 0.4) is 0 Å². The molecule has 1 heterocycles. The Bertz CT molecular complexity index is 1010. The van der Waals surface area contributed by atoms with Gasteiger partial charge in [-0.3, -0.25) is 15.1 Å². The second kappa shape index (κ2) is 7.40. The minimum atomic E-state index is -4.67. The highest BCUT2D eigenvalue weighted by Gasteiger charge is 2.40. The van der Waals surface area contributed by atoms with E-state index in [4.69, 9.17) is 21.7 Å². The number of alkyl halides is 3. The predicted molar refractivity (Wildman–Crippen MR) is 102 cm³/mol. The molecule has 10 heteroatoms. The summed E-state index contributed by atoms with van der Waals surface area (Å²) in [7, 11) is 1.32. The smallest absolute Gasteiger partial charge is 0.418 e. The number of methoxy groups -OCH3 is 1. The molecule has 5 nitrogen and oxygen atoms in total. The van der Waals surface area contributed by atoms with Crippen LogP contribution in [-0.2, 0) is 11.0 Å². The van der Waals surface area contributed by atoms with Crippen LogP contribution in [0.4, 0.5) is 18.9 Å². The van der Waals surface area contributed by atoms with Crippen molar-refractivity contribution in [1.82, 2.24) is 0 Å². The van der Waals surface area contributed by atoms with Crippen molar-refractivity contribution >= 4 is 46.2 Å². The van der Waals surface area contributed by atoms with E-state index in [0.717, 1.165) is 23.9 Å². The second-order valence-corrected chi connectivity index (χ2v) is 7.06. The summed E-state index contributed by atoms with van der Waals surface area (Å²) in [5, 5.41) is 17.4. The van der Waals surface area contributed by atoms with Crippen LogP contribution in [0.1, 0.15) is 11.1 Å². The summed E-state index contributed by atoms with van der Waals surface area (Å²) in [5.41, 5.74) is -1.04. The zero-order valence-electron chi connectivity index (χ0n) is 14.2. The molecule has 0 saturated carbocycles. The van der Waals surface area contributed by atoms with Crippen LogP contribution in [0.5, 0.6) is 11.5 Å². The van der Waals surface area contributed by atoms with E-state index < -0.39 is 23.3 Å². The quantitative estimate of drug-likeness (QED) is 0.665. The maximum Gasteiger partial charge on any atom is 0.418 e. The van der Waals surface area contributed by atoms with Gasteiger partial charge in [0.25, 0.3) is 5.91 Å². The molecule has 0 spiro atoms. The molecular formula is C18H12ClF3N2O3S. The molecule has 1 fully saturated rings. The minimum Gasteiger partial charge on any atom is -0.503 e. The maximum atomic E-state index is 13.3. The maximum absolute atomic E-state index is 13.3. The summed E-state index contributed by atoms with van der Waals surface area (Å²) in [6, 6.07) is 7.35. The number of para-hydroxylation sites is 1. The third kappa shape index (κ3) is 3.67. The van der Waals surface area contributed by atoms with Gasteiger partial charge in [0.05, 0.1) is 28.3 Å². The summed E-state index contributed by atoms with van der Waals surface area (Å²) >= 11 is 6.64. The van der Waals surface area contributed by atoms with Crippen molar-refractivity contribution in [3.8, 4) is 11.5 Å². The third-order valence-electron chi connectivity index (χ3n) is 3.84. The van der Waals surface area contributed by atoms with E-state index in [2.05, 4.69) is 0 Å². The molecule has 1 amide bonds. The summed E-state index contributed by atoms with van der Waals surface area (Å²) < 4.78 is 44.8. The Morgan fingerprint density at radius 3 is 2.61 bits per heavy atom. The molecule has 0 aliphatic carbocycles. The van der Waals surface area contributed by atoms with E-state index in [0.29, 0.717) is 10.5 Å². The van der Waals surface area contributed by atoms with Crippen LogP contribution < -0.4 is 9.64 Å². The number of aromatic hydroxyl groups is 1. The Morgan fingerprint density at radius 1 is 1.29 bits per heavy atom. The molecule has 146 valence electrons. The number of halogens is 4. The van der Waals surface area contributed by atoms with Gasteiger partial charge in [0.1, 0.15) is 0 Å². The number of benzene rings is 2. The monoisotopic (exact) mass is 428 g/mol. The Labute approximate surface area is 166 Å². The highest BCUT2D eigenvalue weighted by Crippen LogP contribution is 2.42. The lowest BCUT2D eigenvalue weighted by Gasteiger charge is -2.19. The molecular weight excluding hydrogens is 417 g/mol. The lowest BCUT2D eigenvalue weighted by atomic mass is 10.1. The number of thioether (sulfide) groups is 1. The number of ether oxygens (including phenoxy) is 1. The van der Waals surface area contributed by atoms with Gasteiger partial charge < -0.3 is 9.84 Å². The molecule has 2 aromatic carbocycles. The van der Waals surface area contributed by atoms with Crippen LogP contribution in [0, 0.1) is 5.41 Å². The van der Waals surface area contributed by atoms with Gasteiger partial charge in [-0.05, 0) is 47.7 Å². The molecule has 1 saturated heterocycles. The summed E-state index contributed by atoms with van der Waals surface area (Å²) in [6.07, 6.45) is -3.31. The van der Waals surface area contributed by atoms with Crippen molar-refractivity contribution in [2.45, 2.75) is 6.18 Å². The molecule has 1 aliphatic heterocycles. The Kier molecular flexibility index (Phi) is 5.31. The van der Waals surface area contributed by atoms with E-state index in [-0.39, 0.29) is 26.6 Å². The average Bonchev–Trinajstić information content (AvgIpc) is 2.90. The number of carbonyl (C=O) groups excluding carboxylic acids is 1. The van der Waals surface area contributed by atoms with Crippen molar-refractivity contribution in [3.63, 3.8) is 0 Å². The van der Waals surface area contributed by atoms with Gasteiger partial charge in [-0.15, -0.1) is 0 Å². The van der Waals surface area contributed by atoms with Crippen LogP contribution in [0.2, 0.25) is 5.02 Å². The zero-order valence-corrected chi connectivity index (χ0v) is 15.7. The molecule has 2 aromatic rings. The first-order chi connectivity index (χ1) is 13.1. The molecule has 28 heavy (non-hydrogen) atoms. The Hall–Kier alpha value is -2.65. The van der Waals surface area contributed by atoms with Gasteiger partial charge >= 0.3 is 6.18 Å². The molecule has 0 bridgehead atoms. The standard InChI is InChI=1S/C18H12ClF3N2O3S/c1-27-13-7-9(6-11(19)15(13)25)8-14-16(26)24(17(23)28-14)12-5-3-2-4-10(12)18(20,21)22/h2-8,23,25H,1H3/b14-8-,23-17?. The number of carbonyl (C=O) groups is 1. The molecule has 0 unspecified atom stereocenters. The Balaban J connectivity index is 2.02. The lowest BCUT2D eigenvalue weighted by molar-refractivity contribution is -0.137. The molecule has 3 rings (SSSR count). The fraction of sp³-hybridized carbons (Fsp3) is 0.111. The fourth-order valence-electron chi connectivity index (χ4n) is 2.60. The molecule has 2 N–H and O–H groups in total. The van der Waals surface area contributed by atoms with Crippen molar-refractivity contribution in [2.24, 2.45) is 0 Å². The predicted octanol–water partition coefficient (Wildman–Crippen LogP) is 5.13. The highest BCUT2D eigenvalue weighted by molar-refractivity contribution is 8.19. The molecule has 0 atom stereocenters. The fourth-order valence-corrected chi connectivity index (χ4v) is 3.67. The van der Waals surface area contributed by atoms with E-state index in [1.807, 2.05) is 0 Å². The number of hydrogen-bond acceptors (Lipinski definition) is 5. The molecule has 0 radical (unpaired) electrons. The van der Waals surface area contributed by atoms with Crippen molar-refractivity contribution in [2.75, 3.05) is 12.0 Å². The first kappa shape index (κ1) is 20.1. The average molecular weight is 429 g/mol. The van der Waals surface area contributed by atoms with Crippen molar-refractivity contribution in [3.05, 3.63) is 57.5 Å². The van der Waals surface area contributed by atoms with Crippen LogP contribution in [0.15, 0.2) is 41.3 Å². The van der Waals surface area contributed by atoms with E-state index in [1.54, 1.807) is 0 Å². The Morgan fingerprint density at radius 2 is 1.96 bits per heavy atom. The van der Waals surface area contributed by atoms with Gasteiger partial charge in [0, 0.05) is 0 Å². The summed E-state index contributed by atoms with van der Waals surface area (Å²) in [5.74, 6) is -0.968. The number of anilines is 1. The van der Waals surface area contributed by atoms with Crippen LogP contribution in [0.25, 0.3) is 6.08 Å². The SMILES string of the molecule is COc1cc(/C=C2\SC(=N)N(c3ccccc3C(F)(F)F)C2=O)cc(Cl)c1O. The highest BCUT2D eigenvalue weighted by atomic mass is 35.5. The van der Waals surface area contributed by atoms with Gasteiger partial charge in [-0.2, -0.15) is 13.2 Å². The number of phenols is 1. The summed E-state index contributed by atoms with van der Waals surface area (Å²) in [6.45, 7) is 0. The third-order valence-corrected chi connectivity index (χ3v) is 5.02. The van der Waals surface area contributed by atoms with Crippen molar-refractivity contribution < 1.29 is 27.8 Å². The first-order valence-electron chi connectivity index (χ1n) is 7.68. The normalized spacial score (nSPS) is 16.2. The van der Waals surface area contributed by atoms with Crippen LogP contribution in [-0.4, -0.2) is 23.3 Å². The zero-order chi connectivity index (χ0) is 20.6. The number of rotatable bonds is 3. The van der Waals surface area contributed by atoms with Gasteiger partial charge in [0.15, 0.2) is 16.7 Å². The largest absolute Gasteiger partial charge is 0.503 e. The number of phenolic OH excluding ortho intramolecular Hbond substituents is 1. The van der Waals surface area contributed by atoms with E-state index in [1.165, 1.54) is 37.5 Å². The molecule has 0 aromatic heterocycles. The number of nitrogens with zero attached hydrogens (tertiary/aromatic N) is 1. The molecule has 1 aliphatic rings. The van der Waals surface area contributed by atoms with E-state index >= 15 is 0 Å². The topological polar surface area (TPSA) is 73.6 Å². The summed E-state index contributed by atoms with van der Waals surface area (Å²) in [4.78, 5) is 13.5. The van der Waals surface area contributed by atoms with E-state index in [9.17, 15) is 23.1 Å². The van der Waals surface area contributed by atoms with Crippen LogP contribution >= 0.6 is 23.4 Å². The number of amidine groups is 1. The number of nitrogens with one attached hydrogen (secondary N) is 1. The first-order valence-corrected chi connectivity index (χ1v) is 8.88. The van der Waals surface area contributed by atoms with Gasteiger partial charge in [-0.25, -0.2) is 0 Å². The second-order valence-electron chi connectivity index (χ2n) is 5.62. The van der Waals surface area contributed by atoms with Gasteiger partial charge in [-0.1, -0.05) is 23.7 Å². The number of hydrogen-bond donors (Lipinski definition) is 2. The van der Waals surface area contributed by atoms with Crippen molar-refractivity contribution in [1.29, 1.82) is 5.41 Å². The minimum absolute atomic E-state index is 0.0176. The van der Waals surface area contributed by atoms with Gasteiger partial charge in [0.2, 0.25) is 0 Å².